The first-order valence-electron chi connectivity index (χ1n) is 7.89. The van der Waals surface area contributed by atoms with Gasteiger partial charge in [0.25, 0.3) is 0 Å². The average Bonchev–Trinajstić information content (AvgIpc) is 2.58. The van der Waals surface area contributed by atoms with E-state index in [9.17, 15) is 9.18 Å². The first kappa shape index (κ1) is 16.7. The molecule has 24 heavy (non-hydrogen) atoms. The van der Waals surface area contributed by atoms with E-state index in [0.29, 0.717) is 17.3 Å². The SMILES string of the molecule is O=C(CN1CCN(c2ccc(F)cc2)CC1)Nc1ccccc1Cl. The lowest BCUT2D eigenvalue weighted by atomic mass is 10.2. The van der Waals surface area contributed by atoms with E-state index >= 15 is 0 Å². The van der Waals surface area contributed by atoms with Gasteiger partial charge in [-0.1, -0.05) is 23.7 Å². The normalized spacial score (nSPS) is 15.3. The number of rotatable bonds is 4. The van der Waals surface area contributed by atoms with Crippen LogP contribution in [0, 0.1) is 5.82 Å². The molecule has 0 atom stereocenters. The lowest BCUT2D eigenvalue weighted by molar-refractivity contribution is -0.117. The number of amides is 1. The fourth-order valence-electron chi connectivity index (χ4n) is 2.77. The fraction of sp³-hybridized carbons (Fsp3) is 0.278. The number of nitrogens with zero attached hydrogens (tertiary/aromatic N) is 2. The molecule has 126 valence electrons. The molecule has 1 aliphatic heterocycles. The maximum absolute atomic E-state index is 13.0. The van der Waals surface area contributed by atoms with Crippen molar-refractivity contribution in [3.8, 4) is 0 Å². The van der Waals surface area contributed by atoms with E-state index in [0.717, 1.165) is 31.9 Å². The molecule has 1 saturated heterocycles. The monoisotopic (exact) mass is 347 g/mol. The lowest BCUT2D eigenvalue weighted by Gasteiger charge is -2.35. The van der Waals surface area contributed by atoms with Crippen LogP contribution in [0.2, 0.25) is 5.02 Å². The third-order valence-corrected chi connectivity index (χ3v) is 4.41. The summed E-state index contributed by atoms with van der Waals surface area (Å²) in [5.41, 5.74) is 1.64. The number of piperazine rings is 1. The van der Waals surface area contributed by atoms with Crippen molar-refractivity contribution in [2.45, 2.75) is 0 Å². The van der Waals surface area contributed by atoms with Gasteiger partial charge < -0.3 is 10.2 Å². The van der Waals surface area contributed by atoms with Gasteiger partial charge in [-0.2, -0.15) is 0 Å². The zero-order chi connectivity index (χ0) is 16.9. The number of benzene rings is 2. The highest BCUT2D eigenvalue weighted by Gasteiger charge is 2.19. The molecule has 0 bridgehead atoms. The quantitative estimate of drug-likeness (QED) is 0.922. The second-order valence-corrected chi connectivity index (χ2v) is 6.17. The Morgan fingerprint density at radius 1 is 1.04 bits per heavy atom. The highest BCUT2D eigenvalue weighted by atomic mass is 35.5. The molecule has 0 spiro atoms. The zero-order valence-corrected chi connectivity index (χ0v) is 14.0. The van der Waals surface area contributed by atoms with E-state index in [1.165, 1.54) is 12.1 Å². The molecule has 1 fully saturated rings. The Balaban J connectivity index is 1.49. The molecule has 2 aromatic carbocycles. The number of anilines is 2. The molecule has 1 heterocycles. The summed E-state index contributed by atoms with van der Waals surface area (Å²) in [6.45, 7) is 3.53. The molecule has 1 N–H and O–H groups in total. The summed E-state index contributed by atoms with van der Waals surface area (Å²) in [7, 11) is 0. The highest BCUT2D eigenvalue weighted by Crippen LogP contribution is 2.20. The Kier molecular flexibility index (Phi) is 5.33. The van der Waals surface area contributed by atoms with Gasteiger partial charge in [0.1, 0.15) is 5.82 Å². The van der Waals surface area contributed by atoms with E-state index < -0.39 is 0 Å². The highest BCUT2D eigenvalue weighted by molar-refractivity contribution is 6.33. The van der Waals surface area contributed by atoms with Crippen LogP contribution >= 0.6 is 11.6 Å². The van der Waals surface area contributed by atoms with Gasteiger partial charge in [-0.15, -0.1) is 0 Å². The van der Waals surface area contributed by atoms with E-state index in [4.69, 9.17) is 11.6 Å². The van der Waals surface area contributed by atoms with Crippen LogP contribution in [0.3, 0.4) is 0 Å². The molecule has 4 nitrogen and oxygen atoms in total. The van der Waals surface area contributed by atoms with Crippen molar-refractivity contribution in [1.82, 2.24) is 4.90 Å². The smallest absolute Gasteiger partial charge is 0.238 e. The van der Waals surface area contributed by atoms with Crippen LogP contribution in [0.25, 0.3) is 0 Å². The minimum Gasteiger partial charge on any atom is -0.369 e. The van der Waals surface area contributed by atoms with Gasteiger partial charge in [-0.05, 0) is 36.4 Å². The Morgan fingerprint density at radius 3 is 2.38 bits per heavy atom. The van der Waals surface area contributed by atoms with Crippen molar-refractivity contribution in [2.24, 2.45) is 0 Å². The topological polar surface area (TPSA) is 35.6 Å². The number of carbonyl (C=O) groups excluding carboxylic acids is 1. The van der Waals surface area contributed by atoms with Gasteiger partial charge in [-0.25, -0.2) is 4.39 Å². The number of para-hydroxylation sites is 1. The Bertz CT molecular complexity index is 700. The summed E-state index contributed by atoms with van der Waals surface area (Å²) >= 11 is 6.05. The molecule has 3 rings (SSSR count). The molecule has 0 radical (unpaired) electrons. The summed E-state index contributed by atoms with van der Waals surface area (Å²) < 4.78 is 13.0. The molecule has 0 saturated carbocycles. The molecule has 1 amide bonds. The molecule has 6 heteroatoms. The summed E-state index contributed by atoms with van der Waals surface area (Å²) in [4.78, 5) is 16.5. The Labute approximate surface area is 145 Å². The molecule has 0 unspecified atom stereocenters. The predicted octanol–water partition coefficient (Wildman–Crippen LogP) is 3.24. The number of hydrogen-bond donors (Lipinski definition) is 1. The predicted molar refractivity (Wildman–Crippen MR) is 95.1 cm³/mol. The minimum absolute atomic E-state index is 0.0710. The van der Waals surface area contributed by atoms with Crippen molar-refractivity contribution in [3.05, 3.63) is 59.4 Å². The second-order valence-electron chi connectivity index (χ2n) is 5.77. The number of hydrogen-bond acceptors (Lipinski definition) is 3. The van der Waals surface area contributed by atoms with Gasteiger partial charge in [0.05, 0.1) is 17.3 Å². The van der Waals surface area contributed by atoms with Crippen LogP contribution in [0.5, 0.6) is 0 Å². The van der Waals surface area contributed by atoms with Crippen LogP contribution in [0.4, 0.5) is 15.8 Å². The second kappa shape index (κ2) is 7.64. The van der Waals surface area contributed by atoms with Crippen molar-refractivity contribution in [3.63, 3.8) is 0 Å². The van der Waals surface area contributed by atoms with Crippen LogP contribution in [0.15, 0.2) is 48.5 Å². The third-order valence-electron chi connectivity index (χ3n) is 4.08. The van der Waals surface area contributed by atoms with Gasteiger partial charge in [0, 0.05) is 31.9 Å². The van der Waals surface area contributed by atoms with E-state index in [1.807, 2.05) is 12.1 Å². The van der Waals surface area contributed by atoms with E-state index in [2.05, 4.69) is 15.1 Å². The first-order valence-corrected chi connectivity index (χ1v) is 8.27. The third kappa shape index (κ3) is 4.24. The summed E-state index contributed by atoms with van der Waals surface area (Å²) in [5.74, 6) is -0.299. The van der Waals surface area contributed by atoms with Crippen LogP contribution in [0.1, 0.15) is 0 Å². The number of halogens is 2. The standard InChI is InChI=1S/C18H19ClFN3O/c19-16-3-1-2-4-17(16)21-18(24)13-22-9-11-23(12-10-22)15-7-5-14(20)6-8-15/h1-8H,9-13H2,(H,21,24). The molecule has 2 aromatic rings. The number of carbonyl (C=O) groups is 1. The summed E-state index contributed by atoms with van der Waals surface area (Å²) in [6, 6.07) is 13.7. The zero-order valence-electron chi connectivity index (χ0n) is 13.2. The largest absolute Gasteiger partial charge is 0.369 e. The number of nitrogens with one attached hydrogen (secondary N) is 1. The maximum Gasteiger partial charge on any atom is 0.238 e. The van der Waals surface area contributed by atoms with Crippen molar-refractivity contribution in [2.75, 3.05) is 42.9 Å². The maximum atomic E-state index is 13.0. The van der Waals surface area contributed by atoms with Crippen LogP contribution in [-0.2, 0) is 4.79 Å². The van der Waals surface area contributed by atoms with E-state index in [1.54, 1.807) is 24.3 Å². The van der Waals surface area contributed by atoms with Gasteiger partial charge >= 0.3 is 0 Å². The van der Waals surface area contributed by atoms with Gasteiger partial charge in [0.2, 0.25) is 5.91 Å². The fourth-order valence-corrected chi connectivity index (χ4v) is 2.95. The molecule has 1 aliphatic rings. The first-order chi connectivity index (χ1) is 11.6. The molecular weight excluding hydrogens is 329 g/mol. The van der Waals surface area contributed by atoms with Crippen molar-refractivity contribution in [1.29, 1.82) is 0 Å². The Hall–Kier alpha value is -2.11. The van der Waals surface area contributed by atoms with Gasteiger partial charge in [-0.3, -0.25) is 9.69 Å². The summed E-state index contributed by atoms with van der Waals surface area (Å²) in [6.07, 6.45) is 0. The van der Waals surface area contributed by atoms with Crippen LogP contribution < -0.4 is 10.2 Å². The minimum atomic E-state index is -0.228. The average molecular weight is 348 g/mol. The molecule has 0 aromatic heterocycles. The molecule has 0 aliphatic carbocycles. The Morgan fingerprint density at radius 2 is 1.71 bits per heavy atom. The van der Waals surface area contributed by atoms with Gasteiger partial charge in [0.15, 0.2) is 0 Å². The summed E-state index contributed by atoms with van der Waals surface area (Å²) in [5, 5.41) is 3.37. The van der Waals surface area contributed by atoms with Crippen molar-refractivity contribution >= 4 is 28.9 Å². The van der Waals surface area contributed by atoms with E-state index in [-0.39, 0.29) is 11.7 Å². The lowest BCUT2D eigenvalue weighted by Crippen LogP contribution is -2.48. The van der Waals surface area contributed by atoms with Crippen LogP contribution in [-0.4, -0.2) is 43.5 Å². The molecular formula is C18H19ClFN3O. The van der Waals surface area contributed by atoms with Crippen molar-refractivity contribution < 1.29 is 9.18 Å².